The number of hydrogen-bond donors (Lipinski definition) is 1. The number of rotatable bonds is 5. The van der Waals surface area contributed by atoms with Crippen LogP contribution in [0.25, 0.3) is 6.08 Å². The Morgan fingerprint density at radius 2 is 1.96 bits per heavy atom. The van der Waals surface area contributed by atoms with E-state index in [0.717, 1.165) is 5.56 Å². The topological polar surface area (TPSA) is 62.3 Å². The number of carbonyl (C=O) groups is 2. The van der Waals surface area contributed by atoms with Crippen molar-refractivity contribution in [2.75, 3.05) is 11.9 Å². The second kappa shape index (κ2) is 8.55. The second-order valence-corrected chi connectivity index (χ2v) is 7.00. The first kappa shape index (κ1) is 18.0. The molecule has 0 unspecified atom stereocenters. The molecule has 1 aromatic carbocycles. The maximum absolute atomic E-state index is 12.5. The molecule has 0 atom stereocenters. The molecule has 1 N–H and O–H groups in total. The van der Waals surface area contributed by atoms with Gasteiger partial charge in [-0.3, -0.25) is 14.5 Å². The summed E-state index contributed by atoms with van der Waals surface area (Å²) in [6.45, 7) is -0.138. The first-order chi connectivity index (χ1) is 12.6. The SMILES string of the molecule is O=C(CN1C(=O)/C(=C\C=C\c2ccccc2)SC1=S)Nc1ccccn1. The fourth-order valence-electron chi connectivity index (χ4n) is 2.22. The normalized spacial score (nSPS) is 15.8. The molecule has 1 aliphatic heterocycles. The quantitative estimate of drug-likeness (QED) is 0.635. The Kier molecular flexibility index (Phi) is 5.93. The van der Waals surface area contributed by atoms with Crippen molar-refractivity contribution in [3.8, 4) is 0 Å². The van der Waals surface area contributed by atoms with Crippen LogP contribution in [0.5, 0.6) is 0 Å². The predicted octanol–water partition coefficient (Wildman–Crippen LogP) is 3.48. The minimum atomic E-state index is -0.346. The number of hydrogen-bond acceptors (Lipinski definition) is 5. The fourth-order valence-corrected chi connectivity index (χ4v) is 3.43. The van der Waals surface area contributed by atoms with Crippen LogP contribution in [0.4, 0.5) is 5.82 Å². The minimum Gasteiger partial charge on any atom is -0.309 e. The molecule has 3 rings (SSSR count). The fraction of sp³-hybridized carbons (Fsp3) is 0.0526. The largest absolute Gasteiger partial charge is 0.309 e. The lowest BCUT2D eigenvalue weighted by molar-refractivity contribution is -0.126. The van der Waals surface area contributed by atoms with E-state index in [2.05, 4.69) is 10.3 Å². The van der Waals surface area contributed by atoms with Crippen LogP contribution in [0, 0.1) is 0 Å². The van der Waals surface area contributed by atoms with Gasteiger partial charge in [-0.25, -0.2) is 4.98 Å². The summed E-state index contributed by atoms with van der Waals surface area (Å²) in [4.78, 5) is 30.4. The average Bonchev–Trinajstić information content (AvgIpc) is 2.91. The summed E-state index contributed by atoms with van der Waals surface area (Å²) in [7, 11) is 0. The molecule has 2 aromatic rings. The van der Waals surface area contributed by atoms with E-state index < -0.39 is 0 Å². The van der Waals surface area contributed by atoms with Crippen LogP contribution < -0.4 is 5.32 Å². The van der Waals surface area contributed by atoms with E-state index in [0.29, 0.717) is 15.0 Å². The highest BCUT2D eigenvalue weighted by Crippen LogP contribution is 2.30. The van der Waals surface area contributed by atoms with Crippen molar-refractivity contribution in [1.82, 2.24) is 9.88 Å². The Morgan fingerprint density at radius 3 is 2.69 bits per heavy atom. The monoisotopic (exact) mass is 381 g/mol. The van der Waals surface area contributed by atoms with Gasteiger partial charge in [0.25, 0.3) is 5.91 Å². The van der Waals surface area contributed by atoms with Gasteiger partial charge in [0.05, 0.1) is 4.91 Å². The minimum absolute atomic E-state index is 0.138. The Hall–Kier alpha value is -2.77. The molecule has 2 amide bonds. The number of carbonyl (C=O) groups excluding carboxylic acids is 2. The van der Waals surface area contributed by atoms with E-state index in [9.17, 15) is 9.59 Å². The zero-order chi connectivity index (χ0) is 18.4. The number of nitrogens with zero attached hydrogens (tertiary/aromatic N) is 2. The Morgan fingerprint density at radius 1 is 1.19 bits per heavy atom. The third-order valence-corrected chi connectivity index (χ3v) is 4.84. The molecule has 0 radical (unpaired) electrons. The van der Waals surface area contributed by atoms with Crippen molar-refractivity contribution in [2.24, 2.45) is 0 Å². The molecule has 0 bridgehead atoms. The predicted molar refractivity (Wildman–Crippen MR) is 108 cm³/mol. The summed E-state index contributed by atoms with van der Waals surface area (Å²) in [5.41, 5.74) is 1.04. The van der Waals surface area contributed by atoms with E-state index >= 15 is 0 Å². The van der Waals surface area contributed by atoms with Crippen molar-refractivity contribution in [3.63, 3.8) is 0 Å². The van der Waals surface area contributed by atoms with Crippen LogP contribution in [-0.4, -0.2) is 32.6 Å². The van der Waals surface area contributed by atoms with Gasteiger partial charge in [-0.2, -0.15) is 0 Å². The van der Waals surface area contributed by atoms with Crippen molar-refractivity contribution in [1.29, 1.82) is 0 Å². The van der Waals surface area contributed by atoms with Gasteiger partial charge >= 0.3 is 0 Å². The molecule has 5 nitrogen and oxygen atoms in total. The van der Waals surface area contributed by atoms with Gasteiger partial charge in [-0.15, -0.1) is 0 Å². The average molecular weight is 381 g/mol. The number of thioether (sulfide) groups is 1. The first-order valence-corrected chi connectivity index (χ1v) is 9.04. The standard InChI is InChI=1S/C19H15N3O2S2/c23-17(21-16-11-4-5-12-20-16)13-22-18(24)15(26-19(22)25)10-6-9-14-7-2-1-3-8-14/h1-12H,13H2,(H,20,21,23)/b9-6+,15-10+. The van der Waals surface area contributed by atoms with Crippen molar-refractivity contribution in [3.05, 3.63) is 77.3 Å². The van der Waals surface area contributed by atoms with Gasteiger partial charge in [-0.1, -0.05) is 72.5 Å². The Balaban J connectivity index is 1.62. The van der Waals surface area contributed by atoms with Crippen molar-refractivity contribution >= 4 is 52.0 Å². The maximum Gasteiger partial charge on any atom is 0.266 e. The lowest BCUT2D eigenvalue weighted by Crippen LogP contribution is -2.36. The van der Waals surface area contributed by atoms with E-state index in [4.69, 9.17) is 12.2 Å². The number of anilines is 1. The number of allylic oxidation sites excluding steroid dienone is 2. The van der Waals surface area contributed by atoms with Gasteiger partial charge in [0.15, 0.2) is 0 Å². The number of thiocarbonyl (C=S) groups is 1. The lowest BCUT2D eigenvalue weighted by Gasteiger charge is -2.13. The van der Waals surface area contributed by atoms with Crippen molar-refractivity contribution < 1.29 is 9.59 Å². The van der Waals surface area contributed by atoms with Crippen LogP contribution in [0.3, 0.4) is 0 Å². The van der Waals surface area contributed by atoms with E-state index in [-0.39, 0.29) is 18.4 Å². The summed E-state index contributed by atoms with van der Waals surface area (Å²) in [6, 6.07) is 15.0. The summed E-state index contributed by atoms with van der Waals surface area (Å²) in [6.07, 6.45) is 7.00. The van der Waals surface area contributed by atoms with Gasteiger partial charge in [0.1, 0.15) is 16.7 Å². The number of pyridine rings is 1. The number of benzene rings is 1. The summed E-state index contributed by atoms with van der Waals surface area (Å²) in [5.74, 6) is -0.181. The first-order valence-electron chi connectivity index (χ1n) is 7.81. The molecule has 1 aliphatic rings. The van der Waals surface area contributed by atoms with Crippen molar-refractivity contribution in [2.45, 2.75) is 0 Å². The van der Waals surface area contributed by atoms with Gasteiger partial charge < -0.3 is 5.32 Å². The summed E-state index contributed by atoms with van der Waals surface area (Å²) in [5, 5.41) is 2.64. The molecule has 2 heterocycles. The number of nitrogens with one attached hydrogen (secondary N) is 1. The van der Waals surface area contributed by atoms with Gasteiger partial charge in [0, 0.05) is 6.20 Å². The smallest absolute Gasteiger partial charge is 0.266 e. The van der Waals surface area contributed by atoms with Gasteiger partial charge in [0.2, 0.25) is 5.91 Å². The molecular weight excluding hydrogens is 366 g/mol. The third-order valence-electron chi connectivity index (χ3n) is 3.44. The van der Waals surface area contributed by atoms with E-state index in [1.54, 1.807) is 36.5 Å². The van der Waals surface area contributed by atoms with E-state index in [1.807, 2.05) is 36.4 Å². The third kappa shape index (κ3) is 4.65. The highest BCUT2D eigenvalue weighted by Gasteiger charge is 2.33. The molecule has 0 saturated carbocycles. The second-order valence-electron chi connectivity index (χ2n) is 5.32. The number of amides is 2. The molecule has 1 fully saturated rings. The van der Waals surface area contributed by atoms with Crippen LogP contribution in [0.2, 0.25) is 0 Å². The maximum atomic E-state index is 12.5. The van der Waals surface area contributed by atoms with Crippen LogP contribution >= 0.6 is 24.0 Å². The van der Waals surface area contributed by atoms with Crippen LogP contribution in [-0.2, 0) is 9.59 Å². The molecular formula is C19H15N3O2S2. The molecule has 0 spiro atoms. The molecule has 1 aromatic heterocycles. The zero-order valence-electron chi connectivity index (χ0n) is 13.7. The molecule has 1 saturated heterocycles. The van der Waals surface area contributed by atoms with Gasteiger partial charge in [-0.05, 0) is 23.8 Å². The Labute approximate surface area is 160 Å². The summed E-state index contributed by atoms with van der Waals surface area (Å²) < 4.78 is 0.366. The Bertz CT molecular complexity index is 880. The number of aromatic nitrogens is 1. The molecule has 130 valence electrons. The highest BCUT2D eigenvalue weighted by atomic mass is 32.2. The molecule has 0 aliphatic carbocycles. The molecule has 7 heteroatoms. The molecule has 26 heavy (non-hydrogen) atoms. The lowest BCUT2D eigenvalue weighted by atomic mass is 10.2. The van der Waals surface area contributed by atoms with Crippen LogP contribution in [0.15, 0.2) is 71.8 Å². The zero-order valence-corrected chi connectivity index (χ0v) is 15.3. The summed E-state index contributed by atoms with van der Waals surface area (Å²) >= 11 is 6.42. The van der Waals surface area contributed by atoms with E-state index in [1.165, 1.54) is 16.7 Å². The highest BCUT2D eigenvalue weighted by molar-refractivity contribution is 8.26. The van der Waals surface area contributed by atoms with Crippen LogP contribution in [0.1, 0.15) is 5.56 Å².